The average molecular weight is 1180 g/mol. The molecule has 15 aromatic carbocycles. The maximum Gasteiger partial charge on any atom is 0.0541 e. The van der Waals surface area contributed by atoms with Gasteiger partial charge in [-0.25, -0.2) is 0 Å². The Hall–Kier alpha value is -12.1. The van der Waals surface area contributed by atoms with Gasteiger partial charge in [0.2, 0.25) is 0 Å². The van der Waals surface area contributed by atoms with E-state index in [1.54, 1.807) is 0 Å². The molecule has 2 heteroatoms. The topological polar surface area (TPSA) is 8.17 Å². The zero-order chi connectivity index (χ0) is 62.0. The maximum absolute atomic E-state index is 4.03. The second kappa shape index (κ2) is 22.8. The molecule has 0 aliphatic heterocycles. The van der Waals surface area contributed by atoms with Crippen molar-refractivity contribution in [2.24, 2.45) is 0 Å². The largest absolute Gasteiger partial charge is 0.311 e. The molecule has 0 saturated carbocycles. The first-order valence-electron chi connectivity index (χ1n) is 32.1. The second-order valence-electron chi connectivity index (χ2n) is 24.6. The Morgan fingerprint density at radius 3 is 1.16 bits per heavy atom. The van der Waals surface area contributed by atoms with Gasteiger partial charge in [0.1, 0.15) is 0 Å². The Kier molecular flexibility index (Phi) is 13.5. The van der Waals surface area contributed by atoms with E-state index in [0.29, 0.717) is 0 Å². The molecule has 1 atom stereocenters. The van der Waals surface area contributed by atoms with E-state index in [4.69, 9.17) is 0 Å². The van der Waals surface area contributed by atoms with Crippen LogP contribution in [0.1, 0.15) is 18.1 Å². The monoisotopic (exact) mass is 1180 g/mol. The van der Waals surface area contributed by atoms with E-state index in [9.17, 15) is 0 Å². The van der Waals surface area contributed by atoms with Gasteiger partial charge < -0.3 is 9.47 Å². The number of fused-ring (bicyclic) bond motifs is 8. The minimum Gasteiger partial charge on any atom is -0.311 e. The average Bonchev–Trinajstić information content (AvgIpc) is 1.76. The van der Waals surface area contributed by atoms with Crippen LogP contribution in [0.4, 0.5) is 17.1 Å². The number of benzene rings is 15. The van der Waals surface area contributed by atoms with E-state index in [2.05, 4.69) is 374 Å². The summed E-state index contributed by atoms with van der Waals surface area (Å²) in [6, 6.07) is 125. The summed E-state index contributed by atoms with van der Waals surface area (Å²) >= 11 is 0. The van der Waals surface area contributed by atoms with Crippen LogP contribution in [0.2, 0.25) is 0 Å². The molecule has 1 aromatic heterocycles. The molecule has 93 heavy (non-hydrogen) atoms. The lowest BCUT2D eigenvalue weighted by Gasteiger charge is -2.26. The van der Waals surface area contributed by atoms with Gasteiger partial charge in [-0.15, -0.1) is 5.73 Å². The Labute approximate surface area is 542 Å². The Bertz CT molecular complexity index is 5400. The smallest absolute Gasteiger partial charge is 0.0541 e. The second-order valence-corrected chi connectivity index (χ2v) is 24.6. The molecule has 0 saturated heterocycles. The minimum atomic E-state index is -0.336. The number of aromatic nitrogens is 1. The Balaban J connectivity index is 0.716. The first kappa shape index (κ1) is 55.0. The molecule has 16 aromatic rings. The van der Waals surface area contributed by atoms with Crippen LogP contribution in [0.15, 0.2) is 358 Å². The van der Waals surface area contributed by atoms with Gasteiger partial charge in [0, 0.05) is 38.9 Å². The molecule has 0 bridgehead atoms. The highest BCUT2D eigenvalue weighted by Crippen LogP contribution is 2.53. The third kappa shape index (κ3) is 9.35. The fourth-order valence-corrected chi connectivity index (χ4v) is 15.0. The molecule has 0 radical (unpaired) electrons. The summed E-state index contributed by atoms with van der Waals surface area (Å²) in [6.07, 6.45) is 2.13. The van der Waals surface area contributed by atoms with Gasteiger partial charge in [0.15, 0.2) is 0 Å². The normalized spacial score (nSPS) is 13.3. The van der Waals surface area contributed by atoms with Crippen molar-refractivity contribution in [2.45, 2.75) is 12.3 Å². The van der Waals surface area contributed by atoms with Crippen LogP contribution < -0.4 is 4.90 Å². The van der Waals surface area contributed by atoms with E-state index < -0.39 is 0 Å². The highest BCUT2D eigenvalue weighted by molar-refractivity contribution is 6.22. The number of rotatable bonds is 12. The summed E-state index contributed by atoms with van der Waals surface area (Å²) in [5.74, 6) is 0. The quantitative estimate of drug-likeness (QED) is 0.0874. The van der Waals surface area contributed by atoms with Gasteiger partial charge in [-0.05, 0) is 214 Å². The highest BCUT2D eigenvalue weighted by Gasteiger charge is 2.38. The van der Waals surface area contributed by atoms with Crippen molar-refractivity contribution in [3.8, 4) is 94.7 Å². The van der Waals surface area contributed by atoms with Crippen molar-refractivity contribution in [3.05, 3.63) is 369 Å². The van der Waals surface area contributed by atoms with Crippen LogP contribution in [0.25, 0.3) is 138 Å². The number of para-hydroxylation sites is 1. The molecule has 0 amide bonds. The Morgan fingerprint density at radius 1 is 0.290 bits per heavy atom. The van der Waals surface area contributed by atoms with Gasteiger partial charge in [-0.1, -0.05) is 267 Å². The summed E-state index contributed by atoms with van der Waals surface area (Å²) in [4.78, 5) is 2.36. The van der Waals surface area contributed by atoms with Gasteiger partial charge in [-0.2, -0.15) is 0 Å². The van der Waals surface area contributed by atoms with E-state index in [1.165, 1.54) is 121 Å². The fourth-order valence-electron chi connectivity index (χ4n) is 15.0. The van der Waals surface area contributed by atoms with Gasteiger partial charge >= 0.3 is 0 Å². The SMILES string of the molecule is C=C=CC1(C)c2ccccc2-c2ccc(-c3c4ccccc4c(-c4ccc(-c5ccc(N(c6ccccc6)c6ccc(-n7c8ccc(-c9ccccc9-c9ccccc9)cc8c8cc(-c9ccccc9-c9ccccc9)ccc87)cc6)cc5)cc4)c4ccccc34)cc21. The molecular weight excluding hydrogens is 1120 g/mol. The van der Waals surface area contributed by atoms with Crippen LogP contribution in [0.5, 0.6) is 0 Å². The number of allylic oxidation sites excluding steroid dienone is 1. The van der Waals surface area contributed by atoms with Crippen molar-refractivity contribution in [3.63, 3.8) is 0 Å². The Morgan fingerprint density at radius 2 is 0.656 bits per heavy atom. The number of hydrogen-bond acceptors (Lipinski definition) is 1. The lowest BCUT2D eigenvalue weighted by Crippen LogP contribution is -2.16. The molecule has 17 rings (SSSR count). The zero-order valence-corrected chi connectivity index (χ0v) is 51.5. The van der Waals surface area contributed by atoms with Crippen LogP contribution in [-0.4, -0.2) is 4.57 Å². The molecule has 436 valence electrons. The summed E-state index contributed by atoms with van der Waals surface area (Å²) in [5, 5.41) is 7.34. The first-order valence-corrected chi connectivity index (χ1v) is 32.1. The summed E-state index contributed by atoms with van der Waals surface area (Å²) in [6.45, 7) is 6.33. The van der Waals surface area contributed by atoms with Crippen molar-refractivity contribution in [2.75, 3.05) is 4.90 Å². The van der Waals surface area contributed by atoms with Crippen LogP contribution in [0.3, 0.4) is 0 Å². The van der Waals surface area contributed by atoms with E-state index >= 15 is 0 Å². The fraction of sp³-hybridized carbons (Fsp3) is 0.0220. The molecule has 1 aliphatic rings. The standard InChI is InChI=1S/C91H62N2/c1-3-57-91(2)85-38-22-21-33-77(85)78-54-45-68(60-86(78)91)90-81-36-19-17-34-79(81)89(80-35-18-20-37-82(80)90)65-41-39-61(40-42-65)62-43-48-70(49-44-62)92(69-27-11-6-12-28-69)71-50-52-72(53-51-71)93-87-55-46-66(75-31-15-13-29-73(75)63-23-7-4-8-24-63)58-83(87)84-59-67(47-56-88(84)93)76-32-16-14-30-74(76)64-25-9-5-10-26-64/h4-60H,1H2,2H3. The number of nitrogens with zero attached hydrogens (tertiary/aromatic N) is 2. The summed E-state index contributed by atoms with van der Waals surface area (Å²) in [7, 11) is 0. The molecule has 0 N–H and O–H groups in total. The molecular formula is C91H62N2. The minimum absolute atomic E-state index is 0.336. The predicted molar refractivity (Wildman–Crippen MR) is 394 cm³/mol. The van der Waals surface area contributed by atoms with Gasteiger partial charge in [0.25, 0.3) is 0 Å². The van der Waals surface area contributed by atoms with Crippen LogP contribution in [0, 0.1) is 0 Å². The molecule has 0 fully saturated rings. The third-order valence-corrected chi connectivity index (χ3v) is 19.4. The molecule has 2 nitrogen and oxygen atoms in total. The van der Waals surface area contributed by atoms with Crippen molar-refractivity contribution in [1.29, 1.82) is 0 Å². The van der Waals surface area contributed by atoms with E-state index in [0.717, 1.165) is 44.9 Å². The summed E-state index contributed by atoms with van der Waals surface area (Å²) < 4.78 is 2.44. The lowest BCUT2D eigenvalue weighted by molar-refractivity contribution is 0.749. The highest BCUT2D eigenvalue weighted by atomic mass is 15.1. The molecule has 0 spiro atoms. The van der Waals surface area contributed by atoms with E-state index in [1.807, 2.05) is 0 Å². The van der Waals surface area contributed by atoms with E-state index in [-0.39, 0.29) is 5.41 Å². The van der Waals surface area contributed by atoms with Crippen molar-refractivity contribution >= 4 is 60.4 Å². The zero-order valence-electron chi connectivity index (χ0n) is 51.5. The summed E-state index contributed by atoms with van der Waals surface area (Å²) in [5.41, 5.74) is 31.4. The lowest BCUT2D eigenvalue weighted by atomic mass is 9.79. The van der Waals surface area contributed by atoms with Gasteiger partial charge in [-0.3, -0.25) is 0 Å². The number of hydrogen-bond donors (Lipinski definition) is 0. The van der Waals surface area contributed by atoms with Crippen molar-refractivity contribution in [1.82, 2.24) is 4.57 Å². The predicted octanol–water partition coefficient (Wildman–Crippen LogP) is 24.9. The maximum atomic E-state index is 4.03. The first-order chi connectivity index (χ1) is 46.0. The molecule has 1 unspecified atom stereocenters. The number of anilines is 3. The molecule has 1 heterocycles. The van der Waals surface area contributed by atoms with Gasteiger partial charge in [0.05, 0.1) is 11.0 Å². The van der Waals surface area contributed by atoms with Crippen LogP contribution in [-0.2, 0) is 5.41 Å². The third-order valence-electron chi connectivity index (χ3n) is 19.4. The van der Waals surface area contributed by atoms with Crippen molar-refractivity contribution < 1.29 is 0 Å². The molecule has 1 aliphatic carbocycles. The van der Waals surface area contributed by atoms with Crippen LogP contribution >= 0.6 is 0 Å².